The summed E-state index contributed by atoms with van der Waals surface area (Å²) in [6, 6.07) is 13.5. The number of ether oxygens (including phenoxy) is 1. The first-order chi connectivity index (χ1) is 12.4. The van der Waals surface area contributed by atoms with Crippen LogP contribution in [0.15, 0.2) is 57.7 Å². The molecule has 0 unspecified atom stereocenters. The van der Waals surface area contributed by atoms with Gasteiger partial charge in [-0.05, 0) is 43.7 Å². The molecule has 3 rings (SSSR count). The summed E-state index contributed by atoms with van der Waals surface area (Å²) in [6.07, 6.45) is -0.0108. The van der Waals surface area contributed by atoms with Crippen molar-refractivity contribution >= 4 is 28.5 Å². The molecule has 26 heavy (non-hydrogen) atoms. The molecule has 0 radical (unpaired) electrons. The fourth-order valence-electron chi connectivity index (χ4n) is 2.60. The number of hydrogen-bond donors (Lipinski definition) is 1. The SMILES string of the molecule is CC(C)Oc1ccc2c(C(=O)NCc3cccc(Cl)c3)cc(=O)oc2c1. The molecule has 1 N–H and O–H groups in total. The Morgan fingerprint density at radius 2 is 2.00 bits per heavy atom. The number of benzene rings is 2. The summed E-state index contributed by atoms with van der Waals surface area (Å²) in [4.78, 5) is 24.4. The number of halogens is 1. The number of amides is 1. The minimum Gasteiger partial charge on any atom is -0.491 e. The fraction of sp³-hybridized carbons (Fsp3) is 0.200. The van der Waals surface area contributed by atoms with Crippen LogP contribution in [-0.2, 0) is 6.54 Å². The average molecular weight is 372 g/mol. The van der Waals surface area contributed by atoms with E-state index < -0.39 is 5.63 Å². The molecule has 0 saturated carbocycles. The largest absolute Gasteiger partial charge is 0.491 e. The zero-order valence-corrected chi connectivity index (χ0v) is 15.2. The zero-order chi connectivity index (χ0) is 18.7. The van der Waals surface area contributed by atoms with Gasteiger partial charge in [0.25, 0.3) is 5.91 Å². The Morgan fingerprint density at radius 3 is 2.73 bits per heavy atom. The third-order valence-corrected chi connectivity index (χ3v) is 3.91. The van der Waals surface area contributed by atoms with E-state index in [0.29, 0.717) is 28.3 Å². The van der Waals surface area contributed by atoms with Crippen molar-refractivity contribution < 1.29 is 13.9 Å². The molecule has 0 spiro atoms. The molecule has 5 nitrogen and oxygen atoms in total. The number of carbonyl (C=O) groups excluding carboxylic acids is 1. The first-order valence-corrected chi connectivity index (χ1v) is 8.57. The van der Waals surface area contributed by atoms with E-state index in [9.17, 15) is 9.59 Å². The van der Waals surface area contributed by atoms with Crippen molar-refractivity contribution in [1.29, 1.82) is 0 Å². The summed E-state index contributed by atoms with van der Waals surface area (Å²) in [5, 5.41) is 3.94. The maximum atomic E-state index is 12.6. The number of carbonyl (C=O) groups is 1. The van der Waals surface area contributed by atoms with E-state index in [-0.39, 0.29) is 17.6 Å². The van der Waals surface area contributed by atoms with Gasteiger partial charge in [0.15, 0.2) is 0 Å². The van der Waals surface area contributed by atoms with Crippen molar-refractivity contribution in [1.82, 2.24) is 5.32 Å². The van der Waals surface area contributed by atoms with Crippen LogP contribution in [0.5, 0.6) is 5.75 Å². The molecular formula is C20H18ClNO4. The lowest BCUT2D eigenvalue weighted by molar-refractivity contribution is 0.0952. The number of hydrogen-bond acceptors (Lipinski definition) is 4. The lowest BCUT2D eigenvalue weighted by Crippen LogP contribution is -2.24. The van der Waals surface area contributed by atoms with Crippen LogP contribution in [0, 0.1) is 0 Å². The molecule has 134 valence electrons. The predicted octanol–water partition coefficient (Wildman–Crippen LogP) is 4.16. The Labute approximate surface area is 155 Å². The normalized spacial score (nSPS) is 10.9. The summed E-state index contributed by atoms with van der Waals surface area (Å²) in [7, 11) is 0. The first-order valence-electron chi connectivity index (χ1n) is 8.19. The van der Waals surface area contributed by atoms with E-state index in [2.05, 4.69) is 5.32 Å². The minimum absolute atomic E-state index is 0.0108. The van der Waals surface area contributed by atoms with Crippen LogP contribution in [0.2, 0.25) is 5.02 Å². The Kier molecular flexibility index (Phi) is 5.28. The van der Waals surface area contributed by atoms with Gasteiger partial charge in [0.05, 0.1) is 11.7 Å². The van der Waals surface area contributed by atoms with E-state index in [1.807, 2.05) is 26.0 Å². The zero-order valence-electron chi connectivity index (χ0n) is 14.4. The number of fused-ring (bicyclic) bond motifs is 1. The highest BCUT2D eigenvalue weighted by molar-refractivity contribution is 6.30. The van der Waals surface area contributed by atoms with E-state index in [1.54, 1.807) is 30.3 Å². The summed E-state index contributed by atoms with van der Waals surface area (Å²) in [5.74, 6) is 0.215. The smallest absolute Gasteiger partial charge is 0.337 e. The molecule has 0 bridgehead atoms. The van der Waals surface area contributed by atoms with Crippen LogP contribution < -0.4 is 15.7 Å². The van der Waals surface area contributed by atoms with Crippen molar-refractivity contribution in [3.8, 4) is 5.75 Å². The van der Waals surface area contributed by atoms with Crippen LogP contribution >= 0.6 is 11.6 Å². The summed E-state index contributed by atoms with van der Waals surface area (Å²) >= 11 is 5.95. The minimum atomic E-state index is -0.591. The van der Waals surface area contributed by atoms with Gasteiger partial charge in [-0.1, -0.05) is 23.7 Å². The monoisotopic (exact) mass is 371 g/mol. The quantitative estimate of drug-likeness (QED) is 0.683. The van der Waals surface area contributed by atoms with Crippen molar-refractivity contribution in [2.45, 2.75) is 26.5 Å². The van der Waals surface area contributed by atoms with Crippen LogP contribution in [-0.4, -0.2) is 12.0 Å². The molecule has 6 heteroatoms. The topological polar surface area (TPSA) is 68.5 Å². The Bertz CT molecular complexity index is 1010. The molecule has 0 aliphatic carbocycles. The molecule has 2 aromatic carbocycles. The highest BCUT2D eigenvalue weighted by atomic mass is 35.5. The Balaban J connectivity index is 1.88. The molecule has 0 aliphatic rings. The highest BCUT2D eigenvalue weighted by Gasteiger charge is 2.14. The van der Waals surface area contributed by atoms with E-state index in [1.165, 1.54) is 6.07 Å². The second-order valence-electron chi connectivity index (χ2n) is 6.12. The van der Waals surface area contributed by atoms with E-state index in [0.717, 1.165) is 5.56 Å². The third kappa shape index (κ3) is 4.24. The van der Waals surface area contributed by atoms with Gasteiger partial charge in [-0.15, -0.1) is 0 Å². The van der Waals surface area contributed by atoms with Crippen LogP contribution in [0.1, 0.15) is 29.8 Å². The molecule has 0 fully saturated rings. The number of nitrogens with one attached hydrogen (secondary N) is 1. The molecule has 0 aliphatic heterocycles. The van der Waals surface area contributed by atoms with E-state index in [4.69, 9.17) is 20.8 Å². The van der Waals surface area contributed by atoms with Gasteiger partial charge in [0.2, 0.25) is 0 Å². The molecule has 1 aromatic heterocycles. The van der Waals surface area contributed by atoms with Gasteiger partial charge >= 0.3 is 5.63 Å². The maximum Gasteiger partial charge on any atom is 0.337 e. The average Bonchev–Trinajstić information content (AvgIpc) is 2.58. The van der Waals surface area contributed by atoms with Crippen molar-refractivity contribution in [3.63, 3.8) is 0 Å². The fourth-order valence-corrected chi connectivity index (χ4v) is 2.81. The molecule has 3 aromatic rings. The second-order valence-corrected chi connectivity index (χ2v) is 6.55. The van der Waals surface area contributed by atoms with Crippen molar-refractivity contribution in [2.75, 3.05) is 0 Å². The van der Waals surface area contributed by atoms with Crippen LogP contribution in [0.25, 0.3) is 11.0 Å². The van der Waals surface area contributed by atoms with Crippen molar-refractivity contribution in [3.05, 3.63) is 75.1 Å². The highest BCUT2D eigenvalue weighted by Crippen LogP contribution is 2.23. The molecular weight excluding hydrogens is 354 g/mol. The van der Waals surface area contributed by atoms with E-state index >= 15 is 0 Å². The summed E-state index contributed by atoms with van der Waals surface area (Å²) in [5.41, 5.74) is 0.843. The van der Waals surface area contributed by atoms with Gasteiger partial charge in [-0.2, -0.15) is 0 Å². The van der Waals surface area contributed by atoms with Gasteiger partial charge in [0.1, 0.15) is 11.3 Å². The molecule has 0 saturated heterocycles. The lowest BCUT2D eigenvalue weighted by Gasteiger charge is -2.11. The first kappa shape index (κ1) is 18.0. The molecule has 0 atom stereocenters. The Morgan fingerprint density at radius 1 is 1.19 bits per heavy atom. The lowest BCUT2D eigenvalue weighted by atomic mass is 10.1. The maximum absolute atomic E-state index is 12.6. The van der Waals surface area contributed by atoms with Gasteiger partial charge in [0, 0.05) is 29.1 Å². The molecule has 1 amide bonds. The molecule has 1 heterocycles. The summed E-state index contributed by atoms with van der Waals surface area (Å²) < 4.78 is 10.8. The standard InChI is InChI=1S/C20H18ClNO4/c1-12(2)25-15-6-7-16-17(10-19(23)26-18(16)9-15)20(24)22-11-13-4-3-5-14(21)8-13/h3-10,12H,11H2,1-2H3,(H,22,24). The van der Waals surface area contributed by atoms with Gasteiger partial charge < -0.3 is 14.5 Å². The second kappa shape index (κ2) is 7.62. The van der Waals surface area contributed by atoms with Crippen LogP contribution in [0.4, 0.5) is 0 Å². The number of rotatable bonds is 5. The Hall–Kier alpha value is -2.79. The van der Waals surface area contributed by atoms with Gasteiger partial charge in [-0.25, -0.2) is 4.79 Å². The van der Waals surface area contributed by atoms with Crippen molar-refractivity contribution in [2.24, 2.45) is 0 Å². The van der Waals surface area contributed by atoms with Crippen LogP contribution in [0.3, 0.4) is 0 Å². The third-order valence-electron chi connectivity index (χ3n) is 3.67. The summed E-state index contributed by atoms with van der Waals surface area (Å²) in [6.45, 7) is 4.11. The van der Waals surface area contributed by atoms with Gasteiger partial charge in [-0.3, -0.25) is 4.79 Å². The predicted molar refractivity (Wildman–Crippen MR) is 101 cm³/mol.